The smallest absolute Gasteiger partial charge is 0.335 e. The number of hydrogen-bond acceptors (Lipinski definition) is 11. The molecule has 0 atom stereocenters. The number of rotatable bonds is 26. The average Bonchev–Trinajstić information content (AvgIpc) is 3.96. The molecule has 2 N–H and O–H groups in total. The zero-order valence-electron chi connectivity index (χ0n) is 31.6. The third-order valence-corrected chi connectivity index (χ3v) is 10.0. The van der Waals surface area contributed by atoms with Gasteiger partial charge in [0, 0.05) is 24.1 Å². The van der Waals surface area contributed by atoms with E-state index in [0.717, 1.165) is 30.2 Å². The molecule has 5 rings (SSSR count). The van der Waals surface area contributed by atoms with Gasteiger partial charge in [0.1, 0.15) is 17.2 Å². The summed E-state index contributed by atoms with van der Waals surface area (Å²) in [6.07, 6.45) is 2.93. The van der Waals surface area contributed by atoms with Crippen molar-refractivity contribution in [3.05, 3.63) is 88.7 Å². The monoisotopic (exact) mass is 800 g/mol. The second-order valence-electron chi connectivity index (χ2n) is 13.0. The lowest BCUT2D eigenvalue weighted by Crippen LogP contribution is -2.34. The number of fused-ring (bicyclic) bond motifs is 1. The molecule has 1 aliphatic rings. The summed E-state index contributed by atoms with van der Waals surface area (Å²) in [7, 11) is -2.20. The first kappa shape index (κ1) is 42.7. The van der Waals surface area contributed by atoms with E-state index in [4.69, 9.17) is 37.9 Å². The van der Waals surface area contributed by atoms with Gasteiger partial charge in [0.05, 0.1) is 109 Å². The van der Waals surface area contributed by atoms with Crippen LogP contribution in [0.1, 0.15) is 50.6 Å². The van der Waals surface area contributed by atoms with Crippen LogP contribution in [-0.4, -0.2) is 118 Å². The Kier molecular flexibility index (Phi) is 16.2. The number of nitrogens with one attached hydrogen (secondary N) is 1. The van der Waals surface area contributed by atoms with E-state index >= 15 is 0 Å². The van der Waals surface area contributed by atoms with Gasteiger partial charge >= 0.3 is 5.97 Å². The molecule has 1 heterocycles. The van der Waals surface area contributed by atoms with E-state index in [1.54, 1.807) is 30.3 Å². The van der Waals surface area contributed by atoms with Gasteiger partial charge in [0.15, 0.2) is 0 Å². The van der Waals surface area contributed by atoms with E-state index in [1.807, 2.05) is 6.07 Å². The standard InChI is InChI=1S/C40H49FN2O12S/c1-42-39(44)37-34-25-33(29-7-8-29)35(26-36(34)55-38(37)30-9-11-32(41)12-10-30)43(56(2,47)48)13-14-49-15-16-50-17-18-51-19-20-52-21-22-53-23-24-54-27-28-3-5-31(6-4-28)40(45)46/h3-6,9-12,25-26,29H,7-8,13-24,27H2,1-2H3,(H,42,44)(H,45,46). The number of sulfonamides is 1. The van der Waals surface area contributed by atoms with Crippen molar-refractivity contribution in [1.29, 1.82) is 0 Å². The van der Waals surface area contributed by atoms with Gasteiger partial charge in [-0.05, 0) is 72.4 Å². The topological polar surface area (TPSA) is 172 Å². The van der Waals surface area contributed by atoms with Gasteiger partial charge in [0.2, 0.25) is 10.0 Å². The molecule has 0 saturated heterocycles. The Labute approximate surface area is 325 Å². The second-order valence-corrected chi connectivity index (χ2v) is 14.9. The predicted octanol–water partition coefficient (Wildman–Crippen LogP) is 5.24. The molecule has 1 aliphatic carbocycles. The van der Waals surface area contributed by atoms with Crippen molar-refractivity contribution in [2.75, 3.05) is 96.8 Å². The zero-order chi connectivity index (χ0) is 39.9. The van der Waals surface area contributed by atoms with Crippen LogP contribution in [0.5, 0.6) is 0 Å². The molecule has 3 aromatic carbocycles. The van der Waals surface area contributed by atoms with Gasteiger partial charge in [-0.2, -0.15) is 0 Å². The molecule has 0 unspecified atom stereocenters. The summed E-state index contributed by atoms with van der Waals surface area (Å²) in [4.78, 5) is 24.0. The zero-order valence-corrected chi connectivity index (χ0v) is 32.4. The molecular weight excluding hydrogens is 752 g/mol. The maximum Gasteiger partial charge on any atom is 0.335 e. The largest absolute Gasteiger partial charge is 0.478 e. The maximum absolute atomic E-state index is 13.7. The summed E-state index contributed by atoms with van der Waals surface area (Å²) in [5.41, 5.74) is 3.57. The maximum atomic E-state index is 13.7. The van der Waals surface area contributed by atoms with Crippen molar-refractivity contribution in [2.24, 2.45) is 0 Å². The molecule has 1 aromatic heterocycles. The predicted molar refractivity (Wildman–Crippen MR) is 206 cm³/mol. The fraction of sp³-hybridized carbons (Fsp3) is 0.450. The molecule has 56 heavy (non-hydrogen) atoms. The van der Waals surface area contributed by atoms with Crippen LogP contribution in [0.15, 0.2) is 65.1 Å². The van der Waals surface area contributed by atoms with Gasteiger partial charge in [-0.25, -0.2) is 17.6 Å². The van der Waals surface area contributed by atoms with Crippen LogP contribution in [-0.2, 0) is 45.1 Å². The highest BCUT2D eigenvalue weighted by molar-refractivity contribution is 7.92. The van der Waals surface area contributed by atoms with Gasteiger partial charge in [0.25, 0.3) is 5.91 Å². The Balaban J connectivity index is 0.968. The number of ether oxygens (including phenoxy) is 6. The van der Waals surface area contributed by atoms with Crippen LogP contribution in [0.2, 0.25) is 0 Å². The highest BCUT2D eigenvalue weighted by Crippen LogP contribution is 2.48. The number of halogens is 1. The van der Waals surface area contributed by atoms with Crippen LogP contribution in [0.3, 0.4) is 0 Å². The number of hydrogen-bond donors (Lipinski definition) is 2. The molecule has 1 saturated carbocycles. The third-order valence-electron chi connectivity index (χ3n) is 8.85. The molecule has 0 aliphatic heterocycles. The minimum atomic E-state index is -3.72. The minimum Gasteiger partial charge on any atom is -0.478 e. The van der Waals surface area contributed by atoms with Gasteiger partial charge in [-0.3, -0.25) is 9.10 Å². The lowest BCUT2D eigenvalue weighted by atomic mass is 10.0. The number of carboxylic acids is 1. The van der Waals surface area contributed by atoms with Gasteiger partial charge < -0.3 is 43.3 Å². The summed E-state index contributed by atoms with van der Waals surface area (Å²) < 4.78 is 80.7. The van der Waals surface area contributed by atoms with Crippen LogP contribution < -0.4 is 9.62 Å². The number of anilines is 1. The number of carboxylic acid groups (broad SMARTS) is 1. The molecule has 1 fully saturated rings. The number of nitrogens with zero attached hydrogens (tertiary/aromatic N) is 1. The summed E-state index contributed by atoms with van der Waals surface area (Å²) in [6, 6.07) is 15.7. The molecule has 1 amide bonds. The normalized spacial score (nSPS) is 13.0. The molecule has 0 bridgehead atoms. The lowest BCUT2D eigenvalue weighted by molar-refractivity contribution is -0.0173. The SMILES string of the molecule is CNC(=O)c1c(-c2ccc(F)cc2)oc2cc(N(CCOCCOCCOCCOCCOCCOCc3ccc(C(=O)O)cc3)S(C)(=O)=O)c(C3CC3)cc12. The van der Waals surface area contributed by atoms with Crippen LogP contribution in [0.25, 0.3) is 22.3 Å². The van der Waals surface area contributed by atoms with Crippen molar-refractivity contribution in [2.45, 2.75) is 25.4 Å². The van der Waals surface area contributed by atoms with Crippen molar-refractivity contribution >= 4 is 38.6 Å². The summed E-state index contributed by atoms with van der Waals surface area (Å²) >= 11 is 0. The number of furan rings is 1. The Hall–Kier alpha value is -4.42. The molecule has 0 spiro atoms. The summed E-state index contributed by atoms with van der Waals surface area (Å²) in [5, 5.41) is 12.1. The van der Waals surface area contributed by atoms with Crippen LogP contribution in [0.4, 0.5) is 10.1 Å². The van der Waals surface area contributed by atoms with Gasteiger partial charge in [-0.15, -0.1) is 0 Å². The van der Waals surface area contributed by atoms with Crippen molar-refractivity contribution in [1.82, 2.24) is 5.32 Å². The van der Waals surface area contributed by atoms with E-state index in [2.05, 4.69) is 5.32 Å². The number of aromatic carboxylic acids is 1. The highest BCUT2D eigenvalue weighted by atomic mass is 32.2. The first-order chi connectivity index (χ1) is 27.1. The van der Waals surface area contributed by atoms with Gasteiger partial charge in [-0.1, -0.05) is 12.1 Å². The molecule has 0 radical (unpaired) electrons. The number of carbonyl (C=O) groups excluding carboxylic acids is 1. The van der Waals surface area contributed by atoms with E-state index in [9.17, 15) is 22.4 Å². The molecule has 4 aromatic rings. The van der Waals surface area contributed by atoms with E-state index in [-0.39, 0.29) is 42.9 Å². The van der Waals surface area contributed by atoms with Crippen LogP contribution >= 0.6 is 0 Å². The number of benzene rings is 3. The Bertz CT molecular complexity index is 1980. The van der Waals surface area contributed by atoms with E-state index in [1.165, 1.54) is 35.6 Å². The third kappa shape index (κ3) is 12.5. The summed E-state index contributed by atoms with van der Waals surface area (Å²) in [6.45, 7) is 4.32. The minimum absolute atomic E-state index is 0.0618. The van der Waals surface area contributed by atoms with E-state index in [0.29, 0.717) is 93.9 Å². The fourth-order valence-electron chi connectivity index (χ4n) is 5.89. The Morgan fingerprint density at radius 1 is 0.804 bits per heavy atom. The summed E-state index contributed by atoms with van der Waals surface area (Å²) in [5.74, 6) is -1.34. The van der Waals surface area contributed by atoms with Crippen LogP contribution in [0, 0.1) is 5.82 Å². The number of carbonyl (C=O) groups is 2. The Morgan fingerprint density at radius 3 is 1.84 bits per heavy atom. The molecule has 16 heteroatoms. The quantitative estimate of drug-likeness (QED) is 0.0793. The van der Waals surface area contributed by atoms with Crippen molar-refractivity contribution in [3.8, 4) is 11.3 Å². The second kappa shape index (κ2) is 21.2. The lowest BCUT2D eigenvalue weighted by Gasteiger charge is -2.25. The average molecular weight is 801 g/mol. The molecule has 304 valence electrons. The molecular formula is C40H49FN2O12S. The molecule has 14 nitrogen and oxygen atoms in total. The number of amides is 1. The van der Waals surface area contributed by atoms with Crippen molar-refractivity contribution in [3.63, 3.8) is 0 Å². The first-order valence-electron chi connectivity index (χ1n) is 18.4. The first-order valence-corrected chi connectivity index (χ1v) is 20.3. The van der Waals surface area contributed by atoms with Crippen molar-refractivity contribution < 1.29 is 60.3 Å². The van der Waals surface area contributed by atoms with E-state index < -0.39 is 21.8 Å². The Morgan fingerprint density at radius 2 is 1.34 bits per heavy atom. The fourth-order valence-corrected chi connectivity index (χ4v) is 6.81. The highest BCUT2D eigenvalue weighted by Gasteiger charge is 2.33.